The molecule has 4 rings (SSSR count). The van der Waals surface area contributed by atoms with Crippen LogP contribution >= 0.6 is 0 Å². The van der Waals surface area contributed by atoms with Gasteiger partial charge in [0.15, 0.2) is 0 Å². The second-order valence-electron chi connectivity index (χ2n) is 7.17. The van der Waals surface area contributed by atoms with Gasteiger partial charge in [0, 0.05) is 19.1 Å². The van der Waals surface area contributed by atoms with Gasteiger partial charge in [-0.2, -0.15) is 0 Å². The van der Waals surface area contributed by atoms with Crippen LogP contribution in [0.4, 0.5) is 10.2 Å². The lowest BCUT2D eigenvalue weighted by molar-refractivity contribution is -0.127. The third-order valence-electron chi connectivity index (χ3n) is 5.11. The standard InChI is InChI=1S/C19H23FN4O2/c20-14-3-6-17(21-12-14)23-19(18(25)22-15-4-5-15)7-9-24(10-8-19)13-16-2-1-11-26-16/h1-3,6,11-12,15H,4-5,7-10,13H2,(H,21,23)(H,22,25). The van der Waals surface area contributed by atoms with E-state index in [4.69, 9.17) is 4.42 Å². The molecule has 0 radical (unpaired) electrons. The molecule has 3 heterocycles. The Labute approximate surface area is 151 Å². The molecule has 2 aromatic rings. The molecule has 7 heteroatoms. The smallest absolute Gasteiger partial charge is 0.246 e. The van der Waals surface area contributed by atoms with Gasteiger partial charge >= 0.3 is 0 Å². The largest absolute Gasteiger partial charge is 0.468 e. The summed E-state index contributed by atoms with van der Waals surface area (Å²) in [6.07, 6.45) is 6.24. The third kappa shape index (κ3) is 3.88. The van der Waals surface area contributed by atoms with Crippen molar-refractivity contribution in [1.82, 2.24) is 15.2 Å². The number of furan rings is 1. The van der Waals surface area contributed by atoms with Gasteiger partial charge in [0.2, 0.25) is 5.91 Å². The lowest BCUT2D eigenvalue weighted by atomic mass is 9.86. The molecule has 2 fully saturated rings. The van der Waals surface area contributed by atoms with E-state index in [1.807, 2.05) is 12.1 Å². The average molecular weight is 358 g/mol. The van der Waals surface area contributed by atoms with Crippen LogP contribution in [0.5, 0.6) is 0 Å². The van der Waals surface area contributed by atoms with Gasteiger partial charge in [0.25, 0.3) is 0 Å². The van der Waals surface area contributed by atoms with Crippen molar-refractivity contribution in [3.05, 3.63) is 48.3 Å². The van der Waals surface area contributed by atoms with E-state index in [9.17, 15) is 9.18 Å². The van der Waals surface area contributed by atoms with Crippen molar-refractivity contribution in [2.24, 2.45) is 0 Å². The molecule has 1 aliphatic heterocycles. The number of halogens is 1. The molecule has 2 aliphatic rings. The summed E-state index contributed by atoms with van der Waals surface area (Å²) in [6, 6.07) is 7.07. The molecular weight excluding hydrogens is 335 g/mol. The maximum atomic E-state index is 13.1. The van der Waals surface area contributed by atoms with Crippen LogP contribution in [0.3, 0.4) is 0 Å². The van der Waals surface area contributed by atoms with Crippen LogP contribution in [0.15, 0.2) is 41.1 Å². The van der Waals surface area contributed by atoms with Gasteiger partial charge in [-0.25, -0.2) is 9.37 Å². The fourth-order valence-electron chi connectivity index (χ4n) is 3.37. The minimum Gasteiger partial charge on any atom is -0.468 e. The van der Waals surface area contributed by atoms with Gasteiger partial charge in [-0.1, -0.05) is 0 Å². The Morgan fingerprint density at radius 2 is 2.12 bits per heavy atom. The van der Waals surface area contributed by atoms with Crippen molar-refractivity contribution < 1.29 is 13.6 Å². The Hall–Kier alpha value is -2.41. The number of nitrogens with one attached hydrogen (secondary N) is 2. The maximum Gasteiger partial charge on any atom is 0.246 e. The van der Waals surface area contributed by atoms with Crippen molar-refractivity contribution in [1.29, 1.82) is 0 Å². The first-order valence-electron chi connectivity index (χ1n) is 9.08. The Morgan fingerprint density at radius 3 is 2.73 bits per heavy atom. The van der Waals surface area contributed by atoms with Gasteiger partial charge in [-0.3, -0.25) is 9.69 Å². The molecule has 6 nitrogen and oxygen atoms in total. The zero-order valence-corrected chi connectivity index (χ0v) is 14.6. The summed E-state index contributed by atoms with van der Waals surface area (Å²) < 4.78 is 18.6. The quantitative estimate of drug-likeness (QED) is 0.830. The summed E-state index contributed by atoms with van der Waals surface area (Å²) in [7, 11) is 0. The van der Waals surface area contributed by atoms with E-state index in [1.165, 1.54) is 12.3 Å². The normalized spacial score (nSPS) is 19.9. The Morgan fingerprint density at radius 1 is 1.31 bits per heavy atom. The highest BCUT2D eigenvalue weighted by Gasteiger charge is 2.43. The van der Waals surface area contributed by atoms with Crippen molar-refractivity contribution in [2.75, 3.05) is 18.4 Å². The van der Waals surface area contributed by atoms with E-state index < -0.39 is 5.54 Å². The highest BCUT2D eigenvalue weighted by Crippen LogP contribution is 2.29. The first-order valence-corrected chi connectivity index (χ1v) is 9.08. The Balaban J connectivity index is 1.46. The zero-order valence-electron chi connectivity index (χ0n) is 14.6. The summed E-state index contributed by atoms with van der Waals surface area (Å²) in [5.41, 5.74) is -0.715. The molecule has 0 atom stereocenters. The molecular formula is C19H23FN4O2. The fourth-order valence-corrected chi connectivity index (χ4v) is 3.37. The number of nitrogens with zero attached hydrogens (tertiary/aromatic N) is 2. The van der Waals surface area contributed by atoms with Crippen LogP contribution in [-0.2, 0) is 11.3 Å². The molecule has 1 saturated carbocycles. The average Bonchev–Trinajstić information content (AvgIpc) is 3.31. The van der Waals surface area contributed by atoms with E-state index >= 15 is 0 Å². The second-order valence-corrected chi connectivity index (χ2v) is 7.17. The van der Waals surface area contributed by atoms with Crippen LogP contribution < -0.4 is 10.6 Å². The van der Waals surface area contributed by atoms with Crippen LogP contribution in [-0.4, -0.2) is 40.5 Å². The predicted octanol–water partition coefficient (Wildman–Crippen LogP) is 2.54. The first kappa shape index (κ1) is 17.0. The topological polar surface area (TPSA) is 70.4 Å². The van der Waals surface area contributed by atoms with E-state index in [2.05, 4.69) is 20.5 Å². The van der Waals surface area contributed by atoms with Gasteiger partial charge < -0.3 is 15.1 Å². The molecule has 138 valence electrons. The summed E-state index contributed by atoms with van der Waals surface area (Å²) in [5.74, 6) is 1.08. The molecule has 26 heavy (non-hydrogen) atoms. The molecule has 2 N–H and O–H groups in total. The van der Waals surface area contributed by atoms with E-state index in [0.29, 0.717) is 24.7 Å². The van der Waals surface area contributed by atoms with Crippen LogP contribution in [0.25, 0.3) is 0 Å². The number of piperidine rings is 1. The number of pyridine rings is 1. The fraction of sp³-hybridized carbons (Fsp3) is 0.474. The highest BCUT2D eigenvalue weighted by atomic mass is 19.1. The molecule has 0 bridgehead atoms. The SMILES string of the molecule is O=C(NC1CC1)C1(Nc2ccc(F)cn2)CCN(Cc2ccco2)CC1. The Bertz CT molecular complexity index is 735. The molecule has 0 unspecified atom stereocenters. The second kappa shape index (κ2) is 7.07. The number of hydrogen-bond donors (Lipinski definition) is 2. The van der Waals surface area contributed by atoms with Crippen LogP contribution in [0.2, 0.25) is 0 Å². The summed E-state index contributed by atoms with van der Waals surface area (Å²) in [5, 5.41) is 6.41. The van der Waals surface area contributed by atoms with Gasteiger partial charge in [0.05, 0.1) is 19.0 Å². The lowest BCUT2D eigenvalue weighted by Crippen LogP contribution is -2.58. The monoisotopic (exact) mass is 358 g/mol. The van der Waals surface area contributed by atoms with Crippen molar-refractivity contribution in [3.63, 3.8) is 0 Å². The number of rotatable bonds is 6. The van der Waals surface area contributed by atoms with Gasteiger partial charge in [0.1, 0.15) is 22.9 Å². The van der Waals surface area contributed by atoms with E-state index in [1.54, 1.807) is 12.3 Å². The number of aromatic nitrogens is 1. The molecule has 1 saturated heterocycles. The zero-order chi connectivity index (χ0) is 18.0. The number of carbonyl (C=O) groups is 1. The van der Waals surface area contributed by atoms with Crippen LogP contribution in [0, 0.1) is 5.82 Å². The minimum atomic E-state index is -0.715. The maximum absolute atomic E-state index is 13.1. The van der Waals surface area contributed by atoms with Crippen LogP contribution in [0.1, 0.15) is 31.4 Å². The first-order chi connectivity index (χ1) is 12.6. The van der Waals surface area contributed by atoms with Crippen molar-refractivity contribution in [3.8, 4) is 0 Å². The molecule has 2 aromatic heterocycles. The Kier molecular flexibility index (Phi) is 4.63. The summed E-state index contributed by atoms with van der Waals surface area (Å²) in [6.45, 7) is 2.28. The minimum absolute atomic E-state index is 0.0174. The number of amides is 1. The summed E-state index contributed by atoms with van der Waals surface area (Å²) in [4.78, 5) is 19.3. The van der Waals surface area contributed by atoms with Crippen molar-refractivity contribution >= 4 is 11.7 Å². The number of likely N-dealkylation sites (tertiary alicyclic amines) is 1. The summed E-state index contributed by atoms with van der Waals surface area (Å²) >= 11 is 0. The predicted molar refractivity (Wildman–Crippen MR) is 94.9 cm³/mol. The number of carbonyl (C=O) groups excluding carboxylic acids is 1. The number of hydrogen-bond acceptors (Lipinski definition) is 5. The van der Waals surface area contributed by atoms with Crippen molar-refractivity contribution in [2.45, 2.75) is 43.8 Å². The van der Waals surface area contributed by atoms with Gasteiger partial charge in [-0.05, 0) is 49.9 Å². The molecule has 1 aliphatic carbocycles. The molecule has 0 aromatic carbocycles. The third-order valence-corrected chi connectivity index (χ3v) is 5.11. The molecule has 1 amide bonds. The van der Waals surface area contributed by atoms with E-state index in [0.717, 1.165) is 38.2 Å². The number of anilines is 1. The lowest BCUT2D eigenvalue weighted by Gasteiger charge is -2.41. The highest BCUT2D eigenvalue weighted by molar-refractivity contribution is 5.89. The van der Waals surface area contributed by atoms with Gasteiger partial charge in [-0.15, -0.1) is 0 Å². The molecule has 0 spiro atoms. The van der Waals surface area contributed by atoms with E-state index in [-0.39, 0.29) is 11.7 Å².